The van der Waals surface area contributed by atoms with E-state index in [0.29, 0.717) is 0 Å². The van der Waals surface area contributed by atoms with Gasteiger partial charge in [-0.1, -0.05) is 0 Å². The molecular weight excluding hydrogens is 500 g/mol. The molecule has 14 nitrogen and oxygen atoms in total. The van der Waals surface area contributed by atoms with Crippen LogP contribution in [0.1, 0.15) is 41.0 Å². The maximum Gasteiger partial charge on any atom is 0.303 e. The van der Waals surface area contributed by atoms with E-state index >= 15 is 0 Å². The van der Waals surface area contributed by atoms with E-state index in [1.165, 1.54) is 13.0 Å². The Morgan fingerprint density at radius 3 is 2.08 bits per heavy atom. The van der Waals surface area contributed by atoms with Crippen LogP contribution in [0.25, 0.3) is 0 Å². The summed E-state index contributed by atoms with van der Waals surface area (Å²) in [5.74, 6) is -4.21. The second-order valence-corrected chi connectivity index (χ2v) is 9.38. The highest BCUT2D eigenvalue weighted by molar-refractivity contribution is 5.68. The summed E-state index contributed by atoms with van der Waals surface area (Å²) in [5.41, 5.74) is -3.40. The smallest absolute Gasteiger partial charge is 0.303 e. The van der Waals surface area contributed by atoms with Gasteiger partial charge in [0, 0.05) is 34.1 Å². The molecule has 1 saturated carbocycles. The molecule has 3 aliphatic rings. The molecule has 2 aliphatic heterocycles. The molecule has 3 rings (SSSR count). The number of carbonyl (C=O) groups is 4. The van der Waals surface area contributed by atoms with E-state index in [-0.39, 0.29) is 6.42 Å². The lowest BCUT2D eigenvalue weighted by atomic mass is 9.81. The van der Waals surface area contributed by atoms with E-state index < -0.39 is 90.7 Å². The van der Waals surface area contributed by atoms with Crippen LogP contribution >= 0.6 is 0 Å². The molecule has 0 bridgehead atoms. The maximum atomic E-state index is 11.9. The predicted molar refractivity (Wildman–Crippen MR) is 117 cm³/mol. The first kappa shape index (κ1) is 28.8. The normalized spacial score (nSPS) is 40.6. The molecule has 2 fully saturated rings. The average Bonchev–Trinajstić information content (AvgIpc) is 2.97. The van der Waals surface area contributed by atoms with Gasteiger partial charge in [0.05, 0.1) is 18.8 Å². The van der Waals surface area contributed by atoms with Gasteiger partial charge in [0.25, 0.3) is 0 Å². The van der Waals surface area contributed by atoms with Crippen LogP contribution in [0.2, 0.25) is 0 Å². The highest BCUT2D eigenvalue weighted by atomic mass is 16.8. The van der Waals surface area contributed by atoms with E-state index in [0.717, 1.165) is 34.0 Å². The van der Waals surface area contributed by atoms with Crippen LogP contribution in [0.5, 0.6) is 0 Å². The molecule has 0 aromatic rings. The molecule has 3 N–H and O–H groups in total. The molecule has 14 heteroatoms. The first-order valence-electron chi connectivity index (χ1n) is 11.6. The third-order valence-corrected chi connectivity index (χ3v) is 6.44. The van der Waals surface area contributed by atoms with E-state index in [1.54, 1.807) is 0 Å². The van der Waals surface area contributed by atoms with Gasteiger partial charge in [-0.05, 0) is 13.0 Å². The second kappa shape index (κ2) is 10.9. The first-order valence-corrected chi connectivity index (χ1v) is 11.6. The Labute approximate surface area is 212 Å². The number of rotatable bonds is 7. The molecule has 0 amide bonds. The van der Waals surface area contributed by atoms with Crippen molar-refractivity contribution in [3.05, 3.63) is 12.3 Å². The summed E-state index contributed by atoms with van der Waals surface area (Å²) >= 11 is 0. The third kappa shape index (κ3) is 5.88. The van der Waals surface area contributed by atoms with Crippen molar-refractivity contribution in [1.29, 1.82) is 0 Å². The van der Waals surface area contributed by atoms with Gasteiger partial charge < -0.3 is 48.5 Å². The van der Waals surface area contributed by atoms with E-state index in [2.05, 4.69) is 0 Å². The van der Waals surface area contributed by atoms with Gasteiger partial charge >= 0.3 is 23.9 Å². The zero-order chi connectivity index (χ0) is 27.7. The van der Waals surface area contributed by atoms with Crippen molar-refractivity contribution in [2.24, 2.45) is 5.92 Å². The number of ether oxygens (including phenoxy) is 7. The Morgan fingerprint density at radius 2 is 1.54 bits per heavy atom. The molecule has 1 aliphatic carbocycles. The molecule has 5 unspecified atom stereocenters. The number of esters is 4. The van der Waals surface area contributed by atoms with Crippen molar-refractivity contribution in [3.63, 3.8) is 0 Å². The zero-order valence-corrected chi connectivity index (χ0v) is 21.0. The monoisotopic (exact) mass is 532 g/mol. The minimum absolute atomic E-state index is 0.117. The lowest BCUT2D eigenvalue weighted by Crippen LogP contribution is -2.63. The largest absolute Gasteiger partial charge is 0.472 e. The minimum atomic E-state index is -1.92. The summed E-state index contributed by atoms with van der Waals surface area (Å²) in [4.78, 5) is 47.2. The number of hydrogen-bond acceptors (Lipinski definition) is 14. The van der Waals surface area contributed by atoms with Gasteiger partial charge in [0.1, 0.15) is 29.5 Å². The van der Waals surface area contributed by atoms with Gasteiger partial charge in [0.2, 0.25) is 12.6 Å². The van der Waals surface area contributed by atoms with Crippen LogP contribution in [0.3, 0.4) is 0 Å². The van der Waals surface area contributed by atoms with Crippen LogP contribution in [0.15, 0.2) is 12.3 Å². The standard InChI is InChI=1S/C23H32O14/c1-10(25)32-15-8-22(5,37-13(4)28)19-21(31-7-6-23(15,19)30)36-20-18(34-12(3)27)17(33-11(2)26)16(29)14(9-24)35-20/h6-7,14-21,24,29-30H,8-9H2,1-5H3/t14?,15-,16?,17?,18?,19-,20?,21+,22+,23-/m1/s1. The van der Waals surface area contributed by atoms with Crippen LogP contribution in [0.4, 0.5) is 0 Å². The van der Waals surface area contributed by atoms with Gasteiger partial charge in [0.15, 0.2) is 12.2 Å². The zero-order valence-electron chi connectivity index (χ0n) is 21.0. The van der Waals surface area contributed by atoms with Crippen LogP contribution in [0, 0.1) is 5.92 Å². The summed E-state index contributed by atoms with van der Waals surface area (Å²) in [5, 5.41) is 31.9. The Kier molecular flexibility index (Phi) is 8.49. The summed E-state index contributed by atoms with van der Waals surface area (Å²) in [7, 11) is 0. The van der Waals surface area contributed by atoms with Gasteiger partial charge in [-0.15, -0.1) is 0 Å². The second-order valence-electron chi connectivity index (χ2n) is 9.38. The highest BCUT2D eigenvalue weighted by Gasteiger charge is 2.68. The Morgan fingerprint density at radius 1 is 0.946 bits per heavy atom. The molecule has 2 heterocycles. The summed E-state index contributed by atoms with van der Waals surface area (Å²) in [6, 6.07) is 0. The Bertz CT molecular complexity index is 934. The van der Waals surface area contributed by atoms with Crippen molar-refractivity contribution in [2.75, 3.05) is 6.61 Å². The number of aliphatic hydroxyl groups excluding tert-OH is 2. The van der Waals surface area contributed by atoms with Crippen molar-refractivity contribution >= 4 is 23.9 Å². The third-order valence-electron chi connectivity index (χ3n) is 6.44. The van der Waals surface area contributed by atoms with Crippen LogP contribution < -0.4 is 0 Å². The lowest BCUT2D eigenvalue weighted by molar-refractivity contribution is -0.352. The molecular formula is C23H32O14. The molecule has 0 radical (unpaired) electrons. The molecule has 0 aromatic carbocycles. The minimum Gasteiger partial charge on any atom is -0.472 e. The Hall–Kier alpha value is -2.78. The summed E-state index contributed by atoms with van der Waals surface area (Å²) < 4.78 is 38.5. The fourth-order valence-electron chi connectivity index (χ4n) is 5.18. The van der Waals surface area contributed by atoms with Gasteiger partial charge in [-0.2, -0.15) is 0 Å². The van der Waals surface area contributed by atoms with Crippen molar-refractivity contribution in [1.82, 2.24) is 0 Å². The number of aliphatic hydroxyl groups is 3. The van der Waals surface area contributed by atoms with E-state index in [1.807, 2.05) is 0 Å². The maximum absolute atomic E-state index is 11.9. The SMILES string of the molecule is CC(=O)OC1C(O[C@@H]2OC=C[C@@]3(O)[C@H](OC(C)=O)C[C@](C)(OC(C)=O)[C@@H]23)OC(CO)C(O)C1OC(C)=O. The van der Waals surface area contributed by atoms with Crippen LogP contribution in [-0.4, -0.2) is 100 Å². The topological polar surface area (TPSA) is 194 Å². The van der Waals surface area contributed by atoms with Crippen molar-refractivity contribution < 1.29 is 67.7 Å². The van der Waals surface area contributed by atoms with Crippen LogP contribution in [-0.2, 0) is 52.3 Å². The quantitative estimate of drug-likeness (QED) is 0.262. The fourth-order valence-corrected chi connectivity index (χ4v) is 5.18. The van der Waals surface area contributed by atoms with E-state index in [4.69, 9.17) is 33.2 Å². The molecule has 0 aromatic heterocycles. The molecule has 1 saturated heterocycles. The predicted octanol–water partition coefficient (Wildman–Crippen LogP) is -1.18. The number of carbonyl (C=O) groups excluding carboxylic acids is 4. The van der Waals surface area contributed by atoms with Crippen molar-refractivity contribution in [3.8, 4) is 0 Å². The summed E-state index contributed by atoms with van der Waals surface area (Å²) in [6.07, 6.45) is -7.91. The molecule has 10 atom stereocenters. The molecule has 37 heavy (non-hydrogen) atoms. The first-order chi connectivity index (χ1) is 17.2. The van der Waals surface area contributed by atoms with Gasteiger partial charge in [-0.25, -0.2) is 0 Å². The van der Waals surface area contributed by atoms with E-state index in [9.17, 15) is 34.5 Å². The number of hydrogen-bond donors (Lipinski definition) is 3. The molecule has 0 spiro atoms. The summed E-state index contributed by atoms with van der Waals surface area (Å²) in [6.45, 7) is 5.25. The fraction of sp³-hybridized carbons (Fsp3) is 0.739. The van der Waals surface area contributed by atoms with Gasteiger partial charge in [-0.3, -0.25) is 19.2 Å². The highest BCUT2D eigenvalue weighted by Crippen LogP contribution is 2.52. The lowest BCUT2D eigenvalue weighted by Gasteiger charge is -2.47. The Balaban J connectivity index is 2.00. The van der Waals surface area contributed by atoms with Crippen molar-refractivity contribution in [2.45, 2.75) is 95.3 Å². The molecule has 208 valence electrons. The average molecular weight is 532 g/mol. The number of fused-ring (bicyclic) bond motifs is 1.